The molecular formula is C18H26Cl2N4O. The van der Waals surface area contributed by atoms with Gasteiger partial charge in [-0.1, -0.05) is 18.2 Å². The van der Waals surface area contributed by atoms with Gasteiger partial charge in [-0.2, -0.15) is 0 Å². The Morgan fingerprint density at radius 1 is 1.24 bits per heavy atom. The second-order valence-electron chi connectivity index (χ2n) is 6.24. The average molecular weight is 385 g/mol. The summed E-state index contributed by atoms with van der Waals surface area (Å²) in [5.41, 5.74) is 3.26. The van der Waals surface area contributed by atoms with Crippen LogP contribution in [0.4, 0.5) is 0 Å². The fraction of sp³-hybridized carbons (Fsp3) is 0.444. The smallest absolute Gasteiger partial charge is 0.236 e. The number of hydrogen-bond donors (Lipinski definition) is 1. The van der Waals surface area contributed by atoms with Gasteiger partial charge in [0, 0.05) is 43.8 Å². The first-order valence-corrected chi connectivity index (χ1v) is 8.16. The quantitative estimate of drug-likeness (QED) is 0.877. The molecule has 3 rings (SSSR count). The van der Waals surface area contributed by atoms with Crippen molar-refractivity contribution in [2.24, 2.45) is 0 Å². The molecule has 5 nitrogen and oxygen atoms in total. The number of piperazine rings is 1. The second-order valence-corrected chi connectivity index (χ2v) is 6.24. The van der Waals surface area contributed by atoms with E-state index in [-0.39, 0.29) is 30.7 Å². The molecule has 0 aliphatic carbocycles. The summed E-state index contributed by atoms with van der Waals surface area (Å²) in [5, 5.41) is 4.44. The summed E-state index contributed by atoms with van der Waals surface area (Å²) in [7, 11) is 2.00. The highest BCUT2D eigenvalue weighted by Gasteiger charge is 2.18. The molecule has 0 spiro atoms. The van der Waals surface area contributed by atoms with Crippen molar-refractivity contribution in [3.8, 4) is 0 Å². The summed E-state index contributed by atoms with van der Waals surface area (Å²) >= 11 is 0. The lowest BCUT2D eigenvalue weighted by molar-refractivity contribution is -0.132. The van der Waals surface area contributed by atoms with Crippen LogP contribution in [0, 0.1) is 6.92 Å². The average Bonchev–Trinajstić information content (AvgIpc) is 2.55. The number of pyridine rings is 1. The van der Waals surface area contributed by atoms with Crippen LogP contribution in [-0.4, -0.2) is 60.5 Å². The molecule has 1 aromatic heterocycles. The minimum absolute atomic E-state index is 0. The summed E-state index contributed by atoms with van der Waals surface area (Å²) in [6, 6.07) is 10.3. The summed E-state index contributed by atoms with van der Waals surface area (Å²) in [4.78, 5) is 21.0. The molecule has 1 saturated heterocycles. The first-order chi connectivity index (χ1) is 11.1. The molecule has 0 radical (unpaired) electrons. The van der Waals surface area contributed by atoms with Gasteiger partial charge in [0.05, 0.1) is 12.1 Å². The number of aromatic nitrogens is 1. The number of aryl methyl sites for hydroxylation is 1. The van der Waals surface area contributed by atoms with Crippen molar-refractivity contribution in [1.29, 1.82) is 0 Å². The predicted molar refractivity (Wildman–Crippen MR) is 107 cm³/mol. The van der Waals surface area contributed by atoms with Gasteiger partial charge in [-0.15, -0.1) is 24.8 Å². The first kappa shape index (κ1) is 21.6. The van der Waals surface area contributed by atoms with Crippen molar-refractivity contribution in [2.75, 3.05) is 39.8 Å². The number of nitrogens with zero attached hydrogens (tertiary/aromatic N) is 3. The van der Waals surface area contributed by atoms with Gasteiger partial charge in [0.15, 0.2) is 0 Å². The number of likely N-dealkylation sites (N-methyl/N-ethyl adjacent to an activating group) is 1. The number of hydrogen-bond acceptors (Lipinski definition) is 4. The number of fused-ring (bicyclic) bond motifs is 1. The zero-order valence-corrected chi connectivity index (χ0v) is 16.3. The number of carbonyl (C=O) groups excluding carboxylic acids is 1. The molecule has 0 bridgehead atoms. The van der Waals surface area contributed by atoms with E-state index < -0.39 is 0 Å². The highest BCUT2D eigenvalue weighted by molar-refractivity contribution is 5.85. The fourth-order valence-corrected chi connectivity index (χ4v) is 3.12. The van der Waals surface area contributed by atoms with Crippen LogP contribution in [-0.2, 0) is 11.3 Å². The molecular weight excluding hydrogens is 359 g/mol. The van der Waals surface area contributed by atoms with E-state index in [9.17, 15) is 4.79 Å². The number of nitrogens with one attached hydrogen (secondary N) is 1. The van der Waals surface area contributed by atoms with Crippen LogP contribution < -0.4 is 5.32 Å². The Morgan fingerprint density at radius 3 is 2.64 bits per heavy atom. The largest absolute Gasteiger partial charge is 0.339 e. The lowest BCUT2D eigenvalue weighted by Gasteiger charge is -2.29. The number of halogens is 2. The first-order valence-electron chi connectivity index (χ1n) is 8.16. The van der Waals surface area contributed by atoms with Crippen molar-refractivity contribution in [1.82, 2.24) is 20.1 Å². The van der Waals surface area contributed by atoms with Gasteiger partial charge in [0.25, 0.3) is 0 Å². The van der Waals surface area contributed by atoms with E-state index in [0.717, 1.165) is 43.9 Å². The molecule has 0 atom stereocenters. The van der Waals surface area contributed by atoms with Gasteiger partial charge in [0.1, 0.15) is 0 Å². The Balaban J connectivity index is 0.00000156. The normalized spacial score (nSPS) is 14.1. The highest BCUT2D eigenvalue weighted by atomic mass is 35.5. The Morgan fingerprint density at radius 2 is 1.92 bits per heavy atom. The molecule has 25 heavy (non-hydrogen) atoms. The summed E-state index contributed by atoms with van der Waals surface area (Å²) in [6.07, 6.45) is 0. The van der Waals surface area contributed by atoms with E-state index in [1.54, 1.807) is 0 Å². The number of amides is 1. The molecule has 1 aliphatic heterocycles. The lowest BCUT2D eigenvalue weighted by Crippen LogP contribution is -2.49. The van der Waals surface area contributed by atoms with E-state index in [1.165, 1.54) is 10.9 Å². The van der Waals surface area contributed by atoms with Crippen LogP contribution in [0.5, 0.6) is 0 Å². The monoisotopic (exact) mass is 384 g/mol. The van der Waals surface area contributed by atoms with Crippen molar-refractivity contribution in [2.45, 2.75) is 13.5 Å². The van der Waals surface area contributed by atoms with Crippen molar-refractivity contribution < 1.29 is 4.79 Å². The second kappa shape index (κ2) is 9.92. The predicted octanol–water partition coefficient (Wildman–Crippen LogP) is 2.25. The molecule has 0 unspecified atom stereocenters. The van der Waals surface area contributed by atoms with Gasteiger partial charge < -0.3 is 10.2 Å². The molecule has 0 saturated carbocycles. The number of para-hydroxylation sites is 1. The maximum absolute atomic E-state index is 12.4. The third-order valence-electron chi connectivity index (χ3n) is 4.25. The molecule has 1 N–H and O–H groups in total. The lowest BCUT2D eigenvalue weighted by atomic mass is 10.1. The molecule has 1 amide bonds. The van der Waals surface area contributed by atoms with E-state index in [1.807, 2.05) is 37.1 Å². The van der Waals surface area contributed by atoms with Crippen LogP contribution in [0.25, 0.3) is 10.9 Å². The highest BCUT2D eigenvalue weighted by Crippen LogP contribution is 2.19. The van der Waals surface area contributed by atoms with E-state index in [0.29, 0.717) is 6.54 Å². The number of carbonyl (C=O) groups is 1. The van der Waals surface area contributed by atoms with Gasteiger partial charge in [-0.05, 0) is 31.7 Å². The third-order valence-corrected chi connectivity index (χ3v) is 4.25. The molecule has 1 aliphatic rings. The van der Waals surface area contributed by atoms with Crippen LogP contribution in [0.3, 0.4) is 0 Å². The van der Waals surface area contributed by atoms with Crippen LogP contribution in [0.2, 0.25) is 0 Å². The molecule has 1 aromatic carbocycles. The molecule has 7 heteroatoms. The van der Waals surface area contributed by atoms with Crippen molar-refractivity contribution in [3.05, 3.63) is 41.6 Å². The van der Waals surface area contributed by atoms with Crippen LogP contribution in [0.15, 0.2) is 30.3 Å². The van der Waals surface area contributed by atoms with Gasteiger partial charge in [-0.3, -0.25) is 14.7 Å². The maximum atomic E-state index is 12.4. The maximum Gasteiger partial charge on any atom is 0.236 e. The number of benzene rings is 1. The Kier molecular flexibility index (Phi) is 8.59. The van der Waals surface area contributed by atoms with E-state index in [2.05, 4.69) is 27.3 Å². The molecule has 1 fully saturated rings. The van der Waals surface area contributed by atoms with Gasteiger partial charge in [0.2, 0.25) is 5.91 Å². The summed E-state index contributed by atoms with van der Waals surface area (Å²) < 4.78 is 0. The van der Waals surface area contributed by atoms with E-state index >= 15 is 0 Å². The SMILES string of the molecule is Cc1cc(CN(C)CC(=O)N2CCNCC2)c2ccccc2n1.Cl.Cl. The minimum atomic E-state index is 0. The minimum Gasteiger partial charge on any atom is -0.339 e. The summed E-state index contributed by atoms with van der Waals surface area (Å²) in [6.45, 7) is 6.63. The zero-order valence-electron chi connectivity index (χ0n) is 14.7. The Bertz CT molecular complexity index is 705. The van der Waals surface area contributed by atoms with Gasteiger partial charge >= 0.3 is 0 Å². The topological polar surface area (TPSA) is 48.5 Å². The molecule has 138 valence electrons. The fourth-order valence-electron chi connectivity index (χ4n) is 3.12. The Labute approximate surface area is 161 Å². The zero-order chi connectivity index (χ0) is 16.2. The summed E-state index contributed by atoms with van der Waals surface area (Å²) in [5.74, 6) is 0.212. The molecule has 2 aromatic rings. The third kappa shape index (κ3) is 5.54. The number of rotatable bonds is 4. The van der Waals surface area contributed by atoms with Gasteiger partial charge in [-0.25, -0.2) is 0 Å². The Hall–Kier alpha value is -1.40. The van der Waals surface area contributed by atoms with Crippen molar-refractivity contribution >= 4 is 41.6 Å². The molecule has 2 heterocycles. The van der Waals surface area contributed by atoms with Crippen LogP contribution >= 0.6 is 24.8 Å². The standard InChI is InChI=1S/C18H24N4O.2ClH/c1-14-11-15(16-5-3-4-6-17(16)20-14)12-21(2)13-18(23)22-9-7-19-8-10-22;;/h3-6,11,19H,7-10,12-13H2,1-2H3;2*1H. The van der Waals surface area contributed by atoms with Crippen LogP contribution in [0.1, 0.15) is 11.3 Å². The van der Waals surface area contributed by atoms with Crippen molar-refractivity contribution in [3.63, 3.8) is 0 Å². The van der Waals surface area contributed by atoms with E-state index in [4.69, 9.17) is 0 Å².